The van der Waals surface area contributed by atoms with Gasteiger partial charge in [-0.15, -0.1) is 0 Å². The van der Waals surface area contributed by atoms with E-state index in [1.165, 1.54) is 0 Å². The maximum Gasteiger partial charge on any atom is 0.146 e. The molecule has 0 aliphatic carbocycles. The Labute approximate surface area is 184 Å². The fourth-order valence-corrected chi connectivity index (χ4v) is 4.37. The maximum absolute atomic E-state index is 10.8. The van der Waals surface area contributed by atoms with Crippen molar-refractivity contribution in [1.29, 1.82) is 0 Å². The third kappa shape index (κ3) is 3.73. The molecule has 30 heavy (non-hydrogen) atoms. The summed E-state index contributed by atoms with van der Waals surface area (Å²) in [6.07, 6.45) is -0.584. The van der Waals surface area contributed by atoms with E-state index in [9.17, 15) is 5.11 Å². The second-order valence-corrected chi connectivity index (χ2v) is 8.22. The Bertz CT molecular complexity index is 1190. The average Bonchev–Trinajstić information content (AvgIpc) is 3.07. The molecule has 2 N–H and O–H groups in total. The van der Waals surface area contributed by atoms with E-state index in [-0.39, 0.29) is 0 Å². The van der Waals surface area contributed by atoms with Crippen molar-refractivity contribution in [2.24, 2.45) is 0 Å². The van der Waals surface area contributed by atoms with Crippen molar-refractivity contribution in [3.8, 4) is 11.5 Å². The number of halogens is 1. The molecule has 0 bridgehead atoms. The largest absolute Gasteiger partial charge is 0.496 e. The van der Waals surface area contributed by atoms with E-state index in [4.69, 9.17) is 9.47 Å². The van der Waals surface area contributed by atoms with Gasteiger partial charge in [-0.3, -0.25) is 0 Å². The number of hydrogen-bond acceptors (Lipinski definition) is 4. The number of benzene rings is 3. The van der Waals surface area contributed by atoms with Crippen LogP contribution in [0, 0.1) is 6.92 Å². The van der Waals surface area contributed by atoms with Crippen molar-refractivity contribution in [2.75, 3.05) is 26.1 Å². The topological polar surface area (TPSA) is 55.7 Å². The van der Waals surface area contributed by atoms with Gasteiger partial charge in [0.1, 0.15) is 11.5 Å². The number of anilines is 1. The van der Waals surface area contributed by atoms with Crippen molar-refractivity contribution < 1.29 is 14.6 Å². The molecule has 0 fully saturated rings. The number of methoxy groups -OCH3 is 2. The summed E-state index contributed by atoms with van der Waals surface area (Å²) >= 11 is 3.59. The molecule has 0 aliphatic rings. The van der Waals surface area contributed by atoms with Crippen LogP contribution in [0.4, 0.5) is 5.69 Å². The molecular weight excluding hydrogens is 444 g/mol. The number of aromatic nitrogens is 1. The third-order valence-corrected chi connectivity index (χ3v) is 5.91. The molecule has 4 aromatic rings. The number of aliphatic hydroxyl groups excluding tert-OH is 1. The van der Waals surface area contributed by atoms with Crippen molar-refractivity contribution >= 4 is 43.4 Å². The van der Waals surface area contributed by atoms with E-state index >= 15 is 0 Å². The first kappa shape index (κ1) is 20.6. The van der Waals surface area contributed by atoms with Gasteiger partial charge in [0, 0.05) is 44.6 Å². The number of ether oxygens (including phenoxy) is 2. The first-order chi connectivity index (χ1) is 14.5. The van der Waals surface area contributed by atoms with E-state index in [2.05, 4.69) is 44.9 Å². The molecular formula is C24H25BrN2O3. The van der Waals surface area contributed by atoms with Crippen LogP contribution in [0.25, 0.3) is 21.8 Å². The van der Waals surface area contributed by atoms with E-state index in [0.717, 1.165) is 49.0 Å². The number of para-hydroxylation sites is 1. The highest BCUT2D eigenvalue weighted by atomic mass is 79.9. The van der Waals surface area contributed by atoms with Crippen molar-refractivity contribution in [3.63, 3.8) is 0 Å². The van der Waals surface area contributed by atoms with E-state index in [1.54, 1.807) is 14.2 Å². The Morgan fingerprint density at radius 1 is 1.03 bits per heavy atom. The fourth-order valence-electron chi connectivity index (χ4n) is 4.01. The number of nitrogens with zero attached hydrogens (tertiary/aromatic N) is 1. The number of rotatable bonds is 7. The number of fused-ring (bicyclic) bond motifs is 3. The lowest BCUT2D eigenvalue weighted by Crippen LogP contribution is -2.24. The Morgan fingerprint density at radius 2 is 1.77 bits per heavy atom. The van der Waals surface area contributed by atoms with Crippen LogP contribution in [0.3, 0.4) is 0 Å². The van der Waals surface area contributed by atoms with Crippen LogP contribution in [0.15, 0.2) is 59.1 Å². The maximum atomic E-state index is 10.8. The average molecular weight is 469 g/mol. The van der Waals surface area contributed by atoms with E-state index in [1.807, 2.05) is 42.5 Å². The highest BCUT2D eigenvalue weighted by molar-refractivity contribution is 9.10. The zero-order chi connectivity index (χ0) is 21.3. The first-order valence-corrected chi connectivity index (χ1v) is 10.6. The SMILES string of the molecule is COc1cc(OC)c2c(c1C)c1cc(Br)ccc1n2CC(O)CNc1ccccc1. The number of nitrogens with one attached hydrogen (secondary N) is 1. The normalized spacial score (nSPS) is 12.3. The van der Waals surface area contributed by atoms with Crippen LogP contribution in [-0.4, -0.2) is 36.5 Å². The summed E-state index contributed by atoms with van der Waals surface area (Å²) in [6.45, 7) is 2.93. The van der Waals surface area contributed by atoms with Crippen molar-refractivity contribution in [3.05, 3.63) is 64.6 Å². The number of aryl methyl sites for hydroxylation is 1. The quantitative estimate of drug-likeness (QED) is 0.383. The lowest BCUT2D eigenvalue weighted by Gasteiger charge is -2.17. The Hall–Kier alpha value is -2.70. The van der Waals surface area contributed by atoms with Gasteiger partial charge in [0.05, 0.1) is 32.4 Å². The minimum Gasteiger partial charge on any atom is -0.496 e. The zero-order valence-corrected chi connectivity index (χ0v) is 18.9. The third-order valence-electron chi connectivity index (χ3n) is 5.41. The van der Waals surface area contributed by atoms with E-state index in [0.29, 0.717) is 13.1 Å². The van der Waals surface area contributed by atoms with Crippen molar-refractivity contribution in [2.45, 2.75) is 19.6 Å². The fraction of sp³-hybridized carbons (Fsp3) is 0.250. The summed E-state index contributed by atoms with van der Waals surface area (Å²) in [5.74, 6) is 1.51. The molecule has 1 heterocycles. The second kappa shape index (κ2) is 8.58. The van der Waals surface area contributed by atoms with Gasteiger partial charge in [0.25, 0.3) is 0 Å². The lowest BCUT2D eigenvalue weighted by atomic mass is 10.1. The summed E-state index contributed by atoms with van der Waals surface area (Å²) in [5, 5.41) is 16.3. The van der Waals surface area contributed by atoms with Crippen LogP contribution in [0.1, 0.15) is 5.56 Å². The Balaban J connectivity index is 1.80. The summed E-state index contributed by atoms with van der Waals surface area (Å²) in [7, 11) is 3.33. The molecule has 1 unspecified atom stereocenters. The van der Waals surface area contributed by atoms with Gasteiger partial charge in [-0.25, -0.2) is 0 Å². The zero-order valence-electron chi connectivity index (χ0n) is 17.3. The van der Waals surface area contributed by atoms with Gasteiger partial charge < -0.3 is 24.5 Å². The second-order valence-electron chi connectivity index (χ2n) is 7.30. The van der Waals surface area contributed by atoms with E-state index < -0.39 is 6.10 Å². The molecule has 0 spiro atoms. The van der Waals surface area contributed by atoms with Gasteiger partial charge >= 0.3 is 0 Å². The number of hydrogen-bond donors (Lipinski definition) is 2. The predicted octanol–water partition coefficient (Wildman–Crippen LogP) is 5.36. The monoisotopic (exact) mass is 468 g/mol. The highest BCUT2D eigenvalue weighted by Crippen LogP contribution is 2.42. The van der Waals surface area contributed by atoms with Gasteiger partial charge in [-0.1, -0.05) is 34.1 Å². The highest BCUT2D eigenvalue weighted by Gasteiger charge is 2.21. The van der Waals surface area contributed by atoms with Gasteiger partial charge in [0.2, 0.25) is 0 Å². The van der Waals surface area contributed by atoms with Crippen LogP contribution in [0.5, 0.6) is 11.5 Å². The van der Waals surface area contributed by atoms with Gasteiger partial charge in [-0.2, -0.15) is 0 Å². The van der Waals surface area contributed by atoms with Crippen LogP contribution in [0.2, 0.25) is 0 Å². The molecule has 1 atom stereocenters. The molecule has 1 aromatic heterocycles. The molecule has 156 valence electrons. The Kier molecular flexibility index (Phi) is 5.88. The standard InChI is InChI=1S/C24H25BrN2O3/c1-15-21(29-2)12-22(30-3)24-23(15)19-11-16(25)9-10-20(19)27(24)14-18(28)13-26-17-7-5-4-6-8-17/h4-12,18,26,28H,13-14H2,1-3H3. The minimum absolute atomic E-state index is 0.434. The van der Waals surface area contributed by atoms with Crippen LogP contribution >= 0.6 is 15.9 Å². The predicted molar refractivity (Wildman–Crippen MR) is 126 cm³/mol. The molecule has 3 aromatic carbocycles. The molecule has 0 radical (unpaired) electrons. The molecule has 0 saturated carbocycles. The van der Waals surface area contributed by atoms with Crippen LogP contribution < -0.4 is 14.8 Å². The number of aliphatic hydroxyl groups is 1. The Morgan fingerprint density at radius 3 is 2.47 bits per heavy atom. The lowest BCUT2D eigenvalue weighted by molar-refractivity contribution is 0.169. The van der Waals surface area contributed by atoms with Crippen LogP contribution in [-0.2, 0) is 6.54 Å². The molecule has 5 nitrogen and oxygen atoms in total. The molecule has 0 aliphatic heterocycles. The summed E-state index contributed by atoms with van der Waals surface area (Å²) in [6, 6.07) is 18.0. The molecule has 6 heteroatoms. The summed E-state index contributed by atoms with van der Waals surface area (Å²) < 4.78 is 14.5. The first-order valence-electron chi connectivity index (χ1n) is 9.83. The summed E-state index contributed by atoms with van der Waals surface area (Å²) in [4.78, 5) is 0. The minimum atomic E-state index is -0.584. The smallest absolute Gasteiger partial charge is 0.146 e. The van der Waals surface area contributed by atoms with Gasteiger partial charge in [-0.05, 0) is 37.3 Å². The molecule has 0 saturated heterocycles. The molecule has 0 amide bonds. The summed E-state index contributed by atoms with van der Waals surface area (Å²) in [5.41, 5.74) is 4.04. The van der Waals surface area contributed by atoms with Gasteiger partial charge in [0.15, 0.2) is 0 Å². The van der Waals surface area contributed by atoms with Crippen molar-refractivity contribution in [1.82, 2.24) is 4.57 Å². The molecule has 4 rings (SSSR count).